The van der Waals surface area contributed by atoms with Crippen molar-refractivity contribution in [3.8, 4) is 11.4 Å². The fourth-order valence-electron chi connectivity index (χ4n) is 3.51. The Morgan fingerprint density at radius 3 is 2.43 bits per heavy atom. The van der Waals surface area contributed by atoms with Crippen molar-refractivity contribution < 1.29 is 9.26 Å². The average molecular weight is 313 g/mol. The van der Waals surface area contributed by atoms with Crippen LogP contribution < -0.4 is 4.90 Å². The van der Waals surface area contributed by atoms with E-state index < -0.39 is 0 Å². The molecule has 5 heteroatoms. The SMILES string of the molecule is c1cc(N2CCOCC2)ccc1-c1noc(C2CCCCC2)n1. The summed E-state index contributed by atoms with van der Waals surface area (Å²) in [6.45, 7) is 3.51. The second-order valence-electron chi connectivity index (χ2n) is 6.44. The number of morpholine rings is 1. The number of hydrogen-bond acceptors (Lipinski definition) is 5. The summed E-state index contributed by atoms with van der Waals surface area (Å²) in [4.78, 5) is 6.98. The molecular formula is C18H23N3O2. The minimum atomic E-state index is 0.456. The van der Waals surface area contributed by atoms with Gasteiger partial charge in [-0.15, -0.1) is 0 Å². The molecule has 0 N–H and O–H groups in total. The van der Waals surface area contributed by atoms with Gasteiger partial charge in [0.05, 0.1) is 13.2 Å². The van der Waals surface area contributed by atoms with Crippen molar-refractivity contribution in [2.24, 2.45) is 0 Å². The van der Waals surface area contributed by atoms with Crippen molar-refractivity contribution in [1.29, 1.82) is 0 Å². The highest BCUT2D eigenvalue weighted by Gasteiger charge is 2.22. The van der Waals surface area contributed by atoms with Crippen LogP contribution in [-0.4, -0.2) is 36.4 Å². The van der Waals surface area contributed by atoms with E-state index >= 15 is 0 Å². The van der Waals surface area contributed by atoms with Gasteiger partial charge in [-0.05, 0) is 37.1 Å². The molecule has 0 unspecified atom stereocenters. The molecule has 1 saturated heterocycles. The molecule has 23 heavy (non-hydrogen) atoms. The van der Waals surface area contributed by atoms with E-state index in [1.807, 2.05) is 0 Å². The van der Waals surface area contributed by atoms with Gasteiger partial charge in [-0.25, -0.2) is 0 Å². The number of ether oxygens (including phenoxy) is 1. The zero-order valence-electron chi connectivity index (χ0n) is 13.4. The van der Waals surface area contributed by atoms with Crippen LogP contribution in [-0.2, 0) is 4.74 Å². The third-order valence-corrected chi connectivity index (χ3v) is 4.90. The molecule has 2 fully saturated rings. The van der Waals surface area contributed by atoms with Gasteiger partial charge >= 0.3 is 0 Å². The van der Waals surface area contributed by atoms with E-state index in [-0.39, 0.29) is 0 Å². The number of hydrogen-bond donors (Lipinski definition) is 0. The lowest BCUT2D eigenvalue weighted by molar-refractivity contribution is 0.122. The van der Waals surface area contributed by atoms with Crippen molar-refractivity contribution in [1.82, 2.24) is 10.1 Å². The van der Waals surface area contributed by atoms with Crippen LogP contribution in [0.2, 0.25) is 0 Å². The van der Waals surface area contributed by atoms with E-state index in [4.69, 9.17) is 9.26 Å². The highest BCUT2D eigenvalue weighted by Crippen LogP contribution is 2.32. The molecule has 4 rings (SSSR count). The Morgan fingerprint density at radius 2 is 1.70 bits per heavy atom. The second-order valence-corrected chi connectivity index (χ2v) is 6.44. The van der Waals surface area contributed by atoms with Gasteiger partial charge < -0.3 is 14.2 Å². The monoisotopic (exact) mass is 313 g/mol. The molecule has 1 aromatic carbocycles. The molecule has 0 bridgehead atoms. The summed E-state index contributed by atoms with van der Waals surface area (Å²) in [7, 11) is 0. The minimum absolute atomic E-state index is 0.456. The molecule has 5 nitrogen and oxygen atoms in total. The van der Waals surface area contributed by atoms with E-state index in [9.17, 15) is 0 Å². The molecule has 2 heterocycles. The Kier molecular flexibility index (Phi) is 4.28. The first kappa shape index (κ1) is 14.7. The molecule has 0 spiro atoms. The molecule has 2 aliphatic rings. The second kappa shape index (κ2) is 6.71. The highest BCUT2D eigenvalue weighted by molar-refractivity contribution is 5.60. The zero-order chi connectivity index (χ0) is 15.5. The molecule has 0 amide bonds. The van der Waals surface area contributed by atoms with Gasteiger partial charge in [-0.1, -0.05) is 24.4 Å². The lowest BCUT2D eigenvalue weighted by Crippen LogP contribution is -2.36. The van der Waals surface area contributed by atoms with Crippen molar-refractivity contribution in [3.63, 3.8) is 0 Å². The lowest BCUT2D eigenvalue weighted by atomic mass is 9.89. The number of nitrogens with zero attached hydrogens (tertiary/aromatic N) is 3. The molecule has 122 valence electrons. The fraction of sp³-hybridized carbons (Fsp3) is 0.556. The summed E-state index contributed by atoms with van der Waals surface area (Å²) in [5.41, 5.74) is 2.25. The third kappa shape index (κ3) is 3.24. The topological polar surface area (TPSA) is 51.4 Å². The van der Waals surface area contributed by atoms with Gasteiger partial charge in [-0.3, -0.25) is 0 Å². The average Bonchev–Trinajstić information content (AvgIpc) is 3.14. The Hall–Kier alpha value is -1.88. The third-order valence-electron chi connectivity index (χ3n) is 4.90. The maximum absolute atomic E-state index is 5.52. The van der Waals surface area contributed by atoms with E-state index in [2.05, 4.69) is 39.3 Å². The Morgan fingerprint density at radius 1 is 0.957 bits per heavy atom. The quantitative estimate of drug-likeness (QED) is 0.866. The van der Waals surface area contributed by atoms with Crippen molar-refractivity contribution in [3.05, 3.63) is 30.2 Å². The summed E-state index contributed by atoms with van der Waals surface area (Å²) < 4.78 is 10.9. The fourth-order valence-corrected chi connectivity index (χ4v) is 3.51. The van der Waals surface area contributed by atoms with Crippen molar-refractivity contribution in [2.45, 2.75) is 38.0 Å². The van der Waals surface area contributed by atoms with Crippen LogP contribution in [0.5, 0.6) is 0 Å². The maximum atomic E-state index is 5.52. The number of anilines is 1. The molecule has 1 aliphatic carbocycles. The Bertz CT molecular complexity index is 626. The molecule has 0 radical (unpaired) electrons. The van der Waals surface area contributed by atoms with Crippen LogP contribution in [0, 0.1) is 0 Å². The Balaban J connectivity index is 1.48. The van der Waals surface area contributed by atoms with E-state index in [1.165, 1.54) is 37.8 Å². The summed E-state index contributed by atoms with van der Waals surface area (Å²) in [6, 6.07) is 8.44. The molecule has 1 aliphatic heterocycles. The Labute approximate surface area is 136 Å². The van der Waals surface area contributed by atoms with Crippen molar-refractivity contribution in [2.75, 3.05) is 31.2 Å². The van der Waals surface area contributed by atoms with Crippen LogP contribution in [0.4, 0.5) is 5.69 Å². The van der Waals surface area contributed by atoms with E-state index in [0.29, 0.717) is 11.7 Å². The minimum Gasteiger partial charge on any atom is -0.378 e. The van der Waals surface area contributed by atoms with Crippen LogP contribution in [0.1, 0.15) is 43.9 Å². The van der Waals surface area contributed by atoms with Crippen molar-refractivity contribution >= 4 is 5.69 Å². The van der Waals surface area contributed by atoms with Crippen LogP contribution in [0.15, 0.2) is 28.8 Å². The number of aromatic nitrogens is 2. The first-order valence-corrected chi connectivity index (χ1v) is 8.67. The summed E-state index contributed by atoms with van der Waals surface area (Å²) in [5.74, 6) is 1.98. The molecule has 0 atom stereocenters. The largest absolute Gasteiger partial charge is 0.378 e. The predicted octanol–water partition coefficient (Wildman–Crippen LogP) is 3.62. The van der Waals surface area contributed by atoms with Crippen LogP contribution in [0.3, 0.4) is 0 Å². The van der Waals surface area contributed by atoms with Gasteiger partial charge in [0, 0.05) is 30.3 Å². The molecule has 1 aromatic heterocycles. The number of benzene rings is 1. The van der Waals surface area contributed by atoms with Crippen LogP contribution in [0.25, 0.3) is 11.4 Å². The number of rotatable bonds is 3. The first-order chi connectivity index (χ1) is 11.4. The van der Waals surface area contributed by atoms with E-state index in [0.717, 1.165) is 37.8 Å². The zero-order valence-corrected chi connectivity index (χ0v) is 13.4. The lowest BCUT2D eigenvalue weighted by Gasteiger charge is -2.28. The summed E-state index contributed by atoms with van der Waals surface area (Å²) in [6.07, 6.45) is 6.24. The van der Waals surface area contributed by atoms with Gasteiger partial charge in [0.25, 0.3) is 0 Å². The van der Waals surface area contributed by atoms with Gasteiger partial charge in [0.2, 0.25) is 11.7 Å². The normalized spacial score (nSPS) is 19.9. The van der Waals surface area contributed by atoms with Gasteiger partial charge in [0.1, 0.15) is 0 Å². The predicted molar refractivity (Wildman–Crippen MR) is 88.6 cm³/mol. The van der Waals surface area contributed by atoms with Crippen LogP contribution >= 0.6 is 0 Å². The molecular weight excluding hydrogens is 290 g/mol. The first-order valence-electron chi connectivity index (χ1n) is 8.67. The van der Waals surface area contributed by atoms with Gasteiger partial charge in [0.15, 0.2) is 0 Å². The summed E-state index contributed by atoms with van der Waals surface area (Å²) >= 11 is 0. The molecule has 1 saturated carbocycles. The maximum Gasteiger partial charge on any atom is 0.230 e. The smallest absolute Gasteiger partial charge is 0.230 e. The van der Waals surface area contributed by atoms with E-state index in [1.54, 1.807) is 0 Å². The highest BCUT2D eigenvalue weighted by atomic mass is 16.5. The summed E-state index contributed by atoms with van der Waals surface area (Å²) in [5, 5.41) is 4.18. The molecule has 2 aromatic rings. The van der Waals surface area contributed by atoms with Gasteiger partial charge in [-0.2, -0.15) is 4.98 Å². The standard InChI is InChI=1S/C18H23N3O2/c1-2-4-15(5-3-1)18-19-17(20-23-18)14-6-8-16(9-7-14)21-10-12-22-13-11-21/h6-9,15H,1-5,10-13H2.